The first kappa shape index (κ1) is 14.5. The van der Waals surface area contributed by atoms with Crippen LogP contribution in [0.15, 0.2) is 0 Å². The van der Waals surface area contributed by atoms with E-state index in [0.29, 0.717) is 18.4 Å². The second kappa shape index (κ2) is 6.97. The molecule has 1 N–H and O–H groups in total. The van der Waals surface area contributed by atoms with Gasteiger partial charge in [-0.1, -0.05) is 13.8 Å². The van der Waals surface area contributed by atoms with E-state index in [1.54, 1.807) is 0 Å². The van der Waals surface area contributed by atoms with Gasteiger partial charge in [0.05, 0.1) is 0 Å². The first-order valence-electron chi connectivity index (χ1n) is 6.65. The average Bonchev–Trinajstić information content (AvgIpc) is 2.63. The van der Waals surface area contributed by atoms with E-state index >= 15 is 0 Å². The second-order valence-corrected chi connectivity index (χ2v) is 5.55. The molecule has 1 rings (SSSR count). The topological polar surface area (TPSA) is 35.6 Å². The van der Waals surface area contributed by atoms with Gasteiger partial charge in [-0.15, -0.1) is 0 Å². The number of carbonyl (C=O) groups is 1. The van der Waals surface area contributed by atoms with E-state index in [-0.39, 0.29) is 5.91 Å². The lowest BCUT2D eigenvalue weighted by atomic mass is 10.1. The quantitative estimate of drug-likeness (QED) is 0.746. The normalized spacial score (nSPS) is 21.1. The zero-order valence-corrected chi connectivity index (χ0v) is 11.7. The molecule has 4 nitrogen and oxygen atoms in total. The molecule has 0 radical (unpaired) electrons. The molecule has 1 atom stereocenters. The minimum absolute atomic E-state index is 0.257. The van der Waals surface area contributed by atoms with E-state index < -0.39 is 0 Å². The number of nitrogens with zero attached hydrogens (tertiary/aromatic N) is 2. The molecule has 0 aromatic heterocycles. The van der Waals surface area contributed by atoms with Gasteiger partial charge in [-0.3, -0.25) is 4.79 Å². The number of hydrogen-bond donors (Lipinski definition) is 1. The molecular weight excluding hydrogens is 214 g/mol. The van der Waals surface area contributed by atoms with Crippen molar-refractivity contribution in [3.8, 4) is 0 Å². The van der Waals surface area contributed by atoms with E-state index in [2.05, 4.69) is 31.1 Å². The summed E-state index contributed by atoms with van der Waals surface area (Å²) in [5, 5.41) is 3.28. The fourth-order valence-corrected chi connectivity index (χ4v) is 2.32. The van der Waals surface area contributed by atoms with Crippen LogP contribution in [0.2, 0.25) is 0 Å². The Balaban J connectivity index is 2.18. The van der Waals surface area contributed by atoms with Crippen LogP contribution >= 0.6 is 0 Å². The van der Waals surface area contributed by atoms with Gasteiger partial charge in [0.1, 0.15) is 0 Å². The highest BCUT2D eigenvalue weighted by atomic mass is 16.2. The third kappa shape index (κ3) is 5.50. The number of nitrogens with one attached hydrogen (secondary N) is 1. The molecule has 1 saturated heterocycles. The maximum atomic E-state index is 11.9. The highest BCUT2D eigenvalue weighted by molar-refractivity contribution is 5.76. The van der Waals surface area contributed by atoms with Crippen molar-refractivity contribution in [1.82, 2.24) is 15.1 Å². The summed E-state index contributed by atoms with van der Waals surface area (Å²) in [7, 11) is 4.07. The molecule has 4 heteroatoms. The Morgan fingerprint density at radius 2 is 2.24 bits per heavy atom. The van der Waals surface area contributed by atoms with E-state index in [9.17, 15) is 4.79 Å². The second-order valence-electron chi connectivity index (χ2n) is 5.55. The van der Waals surface area contributed by atoms with Crippen LogP contribution in [0.25, 0.3) is 0 Å². The Labute approximate surface area is 105 Å². The lowest BCUT2D eigenvalue weighted by molar-refractivity contribution is -0.130. The van der Waals surface area contributed by atoms with E-state index in [1.165, 1.54) is 13.0 Å². The van der Waals surface area contributed by atoms with Crippen molar-refractivity contribution in [3.05, 3.63) is 0 Å². The van der Waals surface area contributed by atoms with Gasteiger partial charge < -0.3 is 15.1 Å². The van der Waals surface area contributed by atoms with Gasteiger partial charge in [-0.25, -0.2) is 0 Å². The average molecular weight is 241 g/mol. The summed E-state index contributed by atoms with van der Waals surface area (Å²) in [5.41, 5.74) is 0. The van der Waals surface area contributed by atoms with Crippen LogP contribution in [-0.2, 0) is 4.79 Å². The van der Waals surface area contributed by atoms with Crippen molar-refractivity contribution in [3.63, 3.8) is 0 Å². The summed E-state index contributed by atoms with van der Waals surface area (Å²) in [4.78, 5) is 16.1. The molecule has 1 unspecified atom stereocenters. The summed E-state index contributed by atoms with van der Waals surface area (Å²) < 4.78 is 0. The molecule has 0 spiro atoms. The van der Waals surface area contributed by atoms with Gasteiger partial charge in [-0.2, -0.15) is 0 Å². The SMILES string of the molecule is CC(C)NCCC(=O)N(C)CC1CCN(C)C1. The number of likely N-dealkylation sites (tertiary alicyclic amines) is 1. The summed E-state index contributed by atoms with van der Waals surface area (Å²) in [5.74, 6) is 0.916. The molecule has 0 saturated carbocycles. The van der Waals surface area contributed by atoms with Gasteiger partial charge in [0, 0.05) is 39.1 Å². The Bertz CT molecular complexity index is 243. The Morgan fingerprint density at radius 1 is 1.53 bits per heavy atom. The van der Waals surface area contributed by atoms with Crippen LogP contribution < -0.4 is 5.32 Å². The van der Waals surface area contributed by atoms with E-state index in [4.69, 9.17) is 0 Å². The number of rotatable bonds is 6. The molecule has 0 aromatic rings. The molecule has 1 aliphatic rings. The summed E-state index contributed by atoms with van der Waals surface area (Å²) >= 11 is 0. The molecular formula is C13H27N3O. The van der Waals surface area contributed by atoms with Gasteiger partial charge >= 0.3 is 0 Å². The molecule has 1 amide bonds. The first-order valence-corrected chi connectivity index (χ1v) is 6.65. The summed E-state index contributed by atoms with van der Waals surface area (Å²) in [6.45, 7) is 8.19. The largest absolute Gasteiger partial charge is 0.345 e. The fraction of sp³-hybridized carbons (Fsp3) is 0.923. The fourth-order valence-electron chi connectivity index (χ4n) is 2.32. The van der Waals surface area contributed by atoms with Crippen LogP contribution in [0.3, 0.4) is 0 Å². The highest BCUT2D eigenvalue weighted by Crippen LogP contribution is 2.15. The maximum absolute atomic E-state index is 11.9. The molecule has 1 fully saturated rings. The number of hydrogen-bond acceptors (Lipinski definition) is 3. The molecule has 1 heterocycles. The lowest BCUT2D eigenvalue weighted by Crippen LogP contribution is -2.35. The first-order chi connectivity index (χ1) is 7.99. The smallest absolute Gasteiger partial charge is 0.223 e. The monoisotopic (exact) mass is 241 g/mol. The highest BCUT2D eigenvalue weighted by Gasteiger charge is 2.22. The van der Waals surface area contributed by atoms with Crippen molar-refractivity contribution in [1.29, 1.82) is 0 Å². The third-order valence-electron chi connectivity index (χ3n) is 3.34. The van der Waals surface area contributed by atoms with Crippen molar-refractivity contribution in [2.45, 2.75) is 32.7 Å². The molecule has 0 aliphatic carbocycles. The van der Waals surface area contributed by atoms with Gasteiger partial charge in [0.2, 0.25) is 5.91 Å². The van der Waals surface area contributed by atoms with Crippen molar-refractivity contribution >= 4 is 5.91 Å². The number of carbonyl (C=O) groups excluding carboxylic acids is 1. The lowest BCUT2D eigenvalue weighted by Gasteiger charge is -2.21. The molecule has 17 heavy (non-hydrogen) atoms. The predicted octanol–water partition coefficient (Wildman–Crippen LogP) is 0.785. The van der Waals surface area contributed by atoms with E-state index in [1.807, 2.05) is 11.9 Å². The molecule has 0 aromatic carbocycles. The minimum Gasteiger partial charge on any atom is -0.345 e. The van der Waals surface area contributed by atoms with Crippen molar-refractivity contribution < 1.29 is 4.79 Å². The van der Waals surface area contributed by atoms with Crippen LogP contribution in [-0.4, -0.2) is 62.0 Å². The summed E-state index contributed by atoms with van der Waals surface area (Å²) in [6, 6.07) is 0.455. The summed E-state index contributed by atoms with van der Waals surface area (Å²) in [6.07, 6.45) is 1.83. The van der Waals surface area contributed by atoms with Crippen molar-refractivity contribution in [2.75, 3.05) is 40.3 Å². The molecule has 100 valence electrons. The van der Waals surface area contributed by atoms with Crippen LogP contribution in [0, 0.1) is 5.92 Å². The van der Waals surface area contributed by atoms with Gasteiger partial charge in [0.15, 0.2) is 0 Å². The van der Waals surface area contributed by atoms with Crippen LogP contribution in [0.1, 0.15) is 26.7 Å². The zero-order chi connectivity index (χ0) is 12.8. The van der Waals surface area contributed by atoms with E-state index in [0.717, 1.165) is 19.6 Å². The third-order valence-corrected chi connectivity index (χ3v) is 3.34. The Morgan fingerprint density at radius 3 is 2.76 bits per heavy atom. The Kier molecular flexibility index (Phi) is 5.92. The van der Waals surface area contributed by atoms with Gasteiger partial charge in [0.25, 0.3) is 0 Å². The van der Waals surface area contributed by atoms with Gasteiger partial charge in [-0.05, 0) is 25.9 Å². The van der Waals surface area contributed by atoms with Crippen LogP contribution in [0.5, 0.6) is 0 Å². The van der Waals surface area contributed by atoms with Crippen LogP contribution in [0.4, 0.5) is 0 Å². The standard InChI is InChI=1S/C13H27N3O/c1-11(2)14-7-5-13(17)16(4)10-12-6-8-15(3)9-12/h11-12,14H,5-10H2,1-4H3. The maximum Gasteiger partial charge on any atom is 0.223 e. The van der Waals surface area contributed by atoms with Crippen molar-refractivity contribution in [2.24, 2.45) is 5.92 Å². The Hall–Kier alpha value is -0.610. The predicted molar refractivity (Wildman–Crippen MR) is 71.0 cm³/mol. The minimum atomic E-state index is 0.257. The molecule has 0 bridgehead atoms. The number of amides is 1. The zero-order valence-electron chi connectivity index (χ0n) is 11.7. The molecule has 1 aliphatic heterocycles.